The zero-order valence-corrected chi connectivity index (χ0v) is 3.86. The van der Waals surface area contributed by atoms with E-state index in [1.165, 1.54) is 11.5 Å². The zero-order chi connectivity index (χ0) is 2.12. The second kappa shape index (κ2) is 1.91. The van der Waals surface area contributed by atoms with Crippen molar-refractivity contribution in [3.63, 3.8) is 0 Å². The molecule has 0 aliphatic carbocycles. The number of thioether (sulfide) groups is 1. The lowest BCUT2D eigenvalue weighted by Gasteiger charge is -1.11. The second-order valence-electron chi connectivity index (χ2n) is 0.612. The highest BCUT2D eigenvalue weighted by Gasteiger charge is 1.95. The fourth-order valence-corrected chi connectivity index (χ4v) is 0. The molecule has 1 aliphatic rings. The molecule has 0 saturated carbocycles. The second-order valence-corrected chi connectivity index (χ2v) is 1.84. The fraction of sp³-hybridized carbons (Fsp3) is 1.00. The molecule has 0 radical (unpaired) electrons. The maximum absolute atomic E-state index is 2.00. The fourth-order valence-electron chi connectivity index (χ4n) is 0. The van der Waals surface area contributed by atoms with Crippen molar-refractivity contribution in [1.29, 1.82) is 0 Å². The number of hydrogen-bond donors (Lipinski definition) is 0. The van der Waals surface area contributed by atoms with Crippen LogP contribution in [0.25, 0.3) is 0 Å². The lowest BCUT2D eigenvalue weighted by Crippen LogP contribution is -1.20. The van der Waals surface area contributed by atoms with E-state index in [2.05, 4.69) is 0 Å². The summed E-state index contributed by atoms with van der Waals surface area (Å²) in [5, 5.41) is 0. The Labute approximate surface area is 36.4 Å². The summed E-state index contributed by atoms with van der Waals surface area (Å²) in [6.45, 7) is 0. The van der Waals surface area contributed by atoms with Crippen LogP contribution in [-0.2, 0) is 0 Å². The zero-order valence-electron chi connectivity index (χ0n) is 2.23. The molecule has 0 bridgehead atoms. The first-order valence-electron chi connectivity index (χ1n) is 1.08. The molecule has 4 heavy (non-hydrogen) atoms. The highest BCUT2D eigenvalue weighted by Crippen LogP contribution is 2.14. The molecule has 0 nitrogen and oxygen atoms in total. The third kappa shape index (κ3) is 2.64. The summed E-state index contributed by atoms with van der Waals surface area (Å²) in [4.78, 5) is 0. The molecule has 0 amide bonds. The minimum absolute atomic E-state index is 0. The van der Waals surface area contributed by atoms with Gasteiger partial charge in [0.25, 0.3) is 0 Å². The summed E-state index contributed by atoms with van der Waals surface area (Å²) in [7, 11) is 0. The number of rotatable bonds is 0. The van der Waals surface area contributed by atoms with E-state index in [0.29, 0.717) is 0 Å². The van der Waals surface area contributed by atoms with Gasteiger partial charge in [-0.05, 0) is 0 Å². The van der Waals surface area contributed by atoms with Crippen molar-refractivity contribution in [2.24, 2.45) is 0 Å². The summed E-state index contributed by atoms with van der Waals surface area (Å²) in [6, 6.07) is 0. The van der Waals surface area contributed by atoms with Crippen molar-refractivity contribution >= 4 is 24.2 Å². The van der Waals surface area contributed by atoms with Gasteiger partial charge in [0.1, 0.15) is 0 Å². The standard InChI is InChI=1S/C2H4S.ClH/c1-2-3-1;/h1-2H2;1H. The molecule has 1 fully saturated rings. The molecule has 1 aliphatic heterocycles. The van der Waals surface area contributed by atoms with Gasteiger partial charge in [0, 0.05) is 11.5 Å². The third-order valence-corrected chi connectivity index (χ3v) is 0.612. The lowest BCUT2D eigenvalue weighted by atomic mass is 11.0. The van der Waals surface area contributed by atoms with Gasteiger partial charge in [0.15, 0.2) is 0 Å². The molecular weight excluding hydrogens is 91.5 g/mol. The van der Waals surface area contributed by atoms with Crippen LogP contribution in [0.1, 0.15) is 0 Å². The Balaban J connectivity index is 0.0000000900. The monoisotopic (exact) mass is 96.0 g/mol. The molecule has 0 unspecified atom stereocenters. The molecular formula is C2H5ClS. The van der Waals surface area contributed by atoms with E-state index in [-0.39, 0.29) is 12.4 Å². The first kappa shape index (κ1) is 4.64. The predicted molar refractivity (Wildman–Crippen MR) is 24.6 cm³/mol. The SMILES string of the molecule is C1CS1.Cl. The Morgan fingerprint density at radius 3 is 1.50 bits per heavy atom. The van der Waals surface area contributed by atoms with E-state index >= 15 is 0 Å². The van der Waals surface area contributed by atoms with Gasteiger partial charge in [-0.2, -0.15) is 11.8 Å². The van der Waals surface area contributed by atoms with Crippen LogP contribution in [0.3, 0.4) is 0 Å². The maximum atomic E-state index is 2.00. The van der Waals surface area contributed by atoms with Crippen LogP contribution >= 0.6 is 24.2 Å². The van der Waals surface area contributed by atoms with Crippen molar-refractivity contribution in [1.82, 2.24) is 0 Å². The van der Waals surface area contributed by atoms with Crippen LogP contribution in [0, 0.1) is 0 Å². The van der Waals surface area contributed by atoms with Gasteiger partial charge in [0.2, 0.25) is 0 Å². The first-order chi connectivity index (χ1) is 1.50. The quantitative estimate of drug-likeness (QED) is 0.408. The normalized spacial score (nSPS) is 18.0. The van der Waals surface area contributed by atoms with Gasteiger partial charge in [0.05, 0.1) is 0 Å². The van der Waals surface area contributed by atoms with Crippen molar-refractivity contribution in [3.05, 3.63) is 0 Å². The molecule has 0 aromatic rings. The van der Waals surface area contributed by atoms with Crippen LogP contribution in [0.15, 0.2) is 0 Å². The molecule has 1 saturated heterocycles. The summed E-state index contributed by atoms with van der Waals surface area (Å²) in [5.74, 6) is 2.83. The van der Waals surface area contributed by atoms with Gasteiger partial charge < -0.3 is 0 Å². The Morgan fingerprint density at radius 2 is 1.50 bits per heavy atom. The molecule has 0 spiro atoms. The van der Waals surface area contributed by atoms with Crippen molar-refractivity contribution < 1.29 is 0 Å². The largest absolute Gasteiger partial charge is 0.160 e. The Hall–Kier alpha value is 0.640. The highest BCUT2D eigenvalue weighted by atomic mass is 35.5. The summed E-state index contributed by atoms with van der Waals surface area (Å²) in [5.41, 5.74) is 0. The molecule has 0 aromatic heterocycles. The minimum atomic E-state index is 0. The molecule has 26 valence electrons. The summed E-state index contributed by atoms with van der Waals surface area (Å²) >= 11 is 2.00. The number of halogens is 1. The Kier molecular flexibility index (Phi) is 2.22. The molecule has 0 N–H and O–H groups in total. The number of hydrogen-bond acceptors (Lipinski definition) is 1. The smallest absolute Gasteiger partial charge is 0.00238 e. The van der Waals surface area contributed by atoms with Crippen molar-refractivity contribution in [2.75, 3.05) is 11.5 Å². The third-order valence-electron chi connectivity index (χ3n) is 0.204. The van der Waals surface area contributed by atoms with Crippen LogP contribution in [0.2, 0.25) is 0 Å². The van der Waals surface area contributed by atoms with Gasteiger partial charge in [-0.15, -0.1) is 12.4 Å². The van der Waals surface area contributed by atoms with Crippen LogP contribution in [0.5, 0.6) is 0 Å². The molecule has 1 heterocycles. The van der Waals surface area contributed by atoms with Gasteiger partial charge >= 0.3 is 0 Å². The van der Waals surface area contributed by atoms with E-state index in [0.717, 1.165) is 0 Å². The topological polar surface area (TPSA) is 0 Å². The molecule has 0 aromatic carbocycles. The maximum Gasteiger partial charge on any atom is 0.00238 e. The van der Waals surface area contributed by atoms with E-state index in [9.17, 15) is 0 Å². The molecule has 2 heteroatoms. The van der Waals surface area contributed by atoms with Crippen LogP contribution in [-0.4, -0.2) is 11.5 Å². The van der Waals surface area contributed by atoms with Crippen LogP contribution in [0.4, 0.5) is 0 Å². The van der Waals surface area contributed by atoms with Crippen LogP contribution < -0.4 is 0 Å². The van der Waals surface area contributed by atoms with Crippen molar-refractivity contribution in [3.8, 4) is 0 Å². The van der Waals surface area contributed by atoms with E-state index in [1.54, 1.807) is 0 Å². The molecule has 1 rings (SSSR count). The lowest BCUT2D eigenvalue weighted by molar-refractivity contribution is 1.75. The van der Waals surface area contributed by atoms with E-state index in [1.807, 2.05) is 11.8 Å². The Morgan fingerprint density at radius 1 is 1.25 bits per heavy atom. The predicted octanol–water partition coefficient (Wildman–Crippen LogP) is 1.16. The summed E-state index contributed by atoms with van der Waals surface area (Å²) < 4.78 is 0. The average Bonchev–Trinajstić information content (AvgIpc) is 1.46. The van der Waals surface area contributed by atoms with Gasteiger partial charge in [-0.25, -0.2) is 0 Å². The summed E-state index contributed by atoms with van der Waals surface area (Å²) in [6.07, 6.45) is 0. The van der Waals surface area contributed by atoms with E-state index in [4.69, 9.17) is 0 Å². The van der Waals surface area contributed by atoms with Gasteiger partial charge in [-0.3, -0.25) is 0 Å². The first-order valence-corrected chi connectivity index (χ1v) is 2.23. The van der Waals surface area contributed by atoms with E-state index < -0.39 is 0 Å². The average molecular weight is 96.6 g/mol. The molecule has 0 atom stereocenters. The highest BCUT2D eigenvalue weighted by molar-refractivity contribution is 8.06. The Bertz CT molecular complexity index is 10.8. The minimum Gasteiger partial charge on any atom is -0.160 e. The van der Waals surface area contributed by atoms with Gasteiger partial charge in [-0.1, -0.05) is 0 Å². The van der Waals surface area contributed by atoms with Crippen molar-refractivity contribution in [2.45, 2.75) is 0 Å².